The molecule has 15 heavy (non-hydrogen) atoms. The Labute approximate surface area is 94.9 Å². The summed E-state index contributed by atoms with van der Waals surface area (Å²) in [7, 11) is 0. The van der Waals surface area contributed by atoms with Crippen LogP contribution in [0.3, 0.4) is 0 Å². The van der Waals surface area contributed by atoms with E-state index in [0.29, 0.717) is 0 Å². The predicted molar refractivity (Wildman–Crippen MR) is 66.3 cm³/mol. The molecule has 0 heterocycles. The molecule has 0 radical (unpaired) electrons. The Hall–Kier alpha value is -0.900. The Morgan fingerprint density at radius 3 is 2.20 bits per heavy atom. The van der Waals surface area contributed by atoms with Gasteiger partial charge in [-0.15, -0.1) is 0 Å². The highest BCUT2D eigenvalue weighted by molar-refractivity contribution is 4.92. The smallest absolute Gasteiger partial charge is 0.115 e. The first-order valence-corrected chi connectivity index (χ1v) is 6.16. The van der Waals surface area contributed by atoms with Gasteiger partial charge in [0.1, 0.15) is 6.11 Å². The lowest BCUT2D eigenvalue weighted by Gasteiger charge is -1.98. The second-order valence-corrected chi connectivity index (χ2v) is 3.79. The van der Waals surface area contributed by atoms with Gasteiger partial charge in [-0.05, 0) is 6.42 Å². The van der Waals surface area contributed by atoms with Crippen molar-refractivity contribution in [1.82, 2.24) is 0 Å². The molecule has 0 unspecified atom stereocenters. The van der Waals surface area contributed by atoms with E-state index in [2.05, 4.69) is 25.5 Å². The number of ether oxygens (including phenoxy) is 1. The van der Waals surface area contributed by atoms with Gasteiger partial charge in [0.25, 0.3) is 0 Å². The van der Waals surface area contributed by atoms with Gasteiger partial charge in [0.2, 0.25) is 0 Å². The molecule has 0 aliphatic carbocycles. The fourth-order valence-corrected chi connectivity index (χ4v) is 1.48. The monoisotopic (exact) mass is 208 g/mol. The fourth-order valence-electron chi connectivity index (χ4n) is 1.48. The molecule has 1 heteroatoms. The lowest BCUT2D eigenvalue weighted by molar-refractivity contribution is 0.441. The highest BCUT2D eigenvalue weighted by Gasteiger charge is 1.90. The lowest BCUT2D eigenvalue weighted by atomic mass is 10.1. The fraction of sp³-hybridized carbons (Fsp3) is 0.714. The van der Waals surface area contributed by atoms with Crippen LogP contribution >= 0.6 is 0 Å². The van der Waals surface area contributed by atoms with Crippen LogP contribution in [0.15, 0.2) is 12.8 Å². The van der Waals surface area contributed by atoms with E-state index in [4.69, 9.17) is 4.74 Å². The van der Waals surface area contributed by atoms with Gasteiger partial charge in [-0.2, -0.15) is 0 Å². The number of unbranched alkanes of at least 4 members (excludes halogenated alkanes) is 8. The molecule has 0 atom stereocenters. The summed E-state index contributed by atoms with van der Waals surface area (Å²) in [5.74, 6) is 2.95. The summed E-state index contributed by atoms with van der Waals surface area (Å²) >= 11 is 0. The molecule has 0 saturated carbocycles. The van der Waals surface area contributed by atoms with E-state index in [0.717, 1.165) is 6.42 Å². The van der Waals surface area contributed by atoms with Crippen molar-refractivity contribution in [1.29, 1.82) is 0 Å². The van der Waals surface area contributed by atoms with Crippen molar-refractivity contribution in [2.24, 2.45) is 0 Å². The summed E-state index contributed by atoms with van der Waals surface area (Å²) in [6.45, 7) is 5.67. The first-order chi connectivity index (χ1) is 7.41. The van der Waals surface area contributed by atoms with Crippen LogP contribution in [0.1, 0.15) is 64.7 Å². The van der Waals surface area contributed by atoms with E-state index in [1.54, 1.807) is 0 Å². The second kappa shape index (κ2) is 13.1. The van der Waals surface area contributed by atoms with Gasteiger partial charge in [-0.25, -0.2) is 0 Å². The Kier molecular flexibility index (Phi) is 12.3. The standard InChI is InChI=1S/C14H24O/c1-3-5-6-7-8-9-10-11-12-13-14-15-4-2/h4H,2-3,5-12H2,1H3. The summed E-state index contributed by atoms with van der Waals surface area (Å²) in [5.41, 5.74) is 0. The Bertz CT molecular complexity index is 185. The summed E-state index contributed by atoms with van der Waals surface area (Å²) in [4.78, 5) is 0. The van der Waals surface area contributed by atoms with Crippen molar-refractivity contribution in [2.45, 2.75) is 64.7 Å². The molecule has 0 aromatic heterocycles. The maximum Gasteiger partial charge on any atom is 0.115 e. The van der Waals surface area contributed by atoms with Crippen molar-refractivity contribution < 1.29 is 4.74 Å². The van der Waals surface area contributed by atoms with Gasteiger partial charge in [0.15, 0.2) is 0 Å². The Morgan fingerprint density at radius 2 is 1.60 bits per heavy atom. The molecular formula is C14H24O. The average molecular weight is 208 g/mol. The molecular weight excluding hydrogens is 184 g/mol. The molecule has 0 aromatic carbocycles. The van der Waals surface area contributed by atoms with E-state index in [-0.39, 0.29) is 0 Å². The van der Waals surface area contributed by atoms with E-state index >= 15 is 0 Å². The minimum absolute atomic E-state index is 0.947. The molecule has 0 N–H and O–H groups in total. The molecule has 0 fully saturated rings. The van der Waals surface area contributed by atoms with Crippen LogP contribution in [0.5, 0.6) is 0 Å². The van der Waals surface area contributed by atoms with Crippen LogP contribution in [0.2, 0.25) is 0 Å². The van der Waals surface area contributed by atoms with Crippen LogP contribution in [0.25, 0.3) is 0 Å². The van der Waals surface area contributed by atoms with E-state index < -0.39 is 0 Å². The third-order valence-corrected chi connectivity index (χ3v) is 2.37. The molecule has 0 aromatic rings. The number of hydrogen-bond acceptors (Lipinski definition) is 1. The summed E-state index contributed by atoms with van der Waals surface area (Å²) < 4.78 is 4.71. The summed E-state index contributed by atoms with van der Waals surface area (Å²) in [6.07, 6.45) is 15.7. The van der Waals surface area contributed by atoms with Gasteiger partial charge in [0.05, 0.1) is 6.26 Å². The Balaban J connectivity index is 2.99. The molecule has 0 aliphatic rings. The Morgan fingerprint density at radius 1 is 1.00 bits per heavy atom. The number of hydrogen-bond donors (Lipinski definition) is 0. The van der Waals surface area contributed by atoms with Crippen LogP contribution in [-0.2, 0) is 4.74 Å². The third-order valence-electron chi connectivity index (χ3n) is 2.37. The molecule has 0 aliphatic heterocycles. The molecule has 0 rings (SSSR count). The predicted octanol–water partition coefficient (Wildman–Crippen LogP) is 4.64. The zero-order valence-electron chi connectivity index (χ0n) is 10.1. The van der Waals surface area contributed by atoms with E-state index in [1.807, 2.05) is 0 Å². The topological polar surface area (TPSA) is 9.23 Å². The molecule has 0 spiro atoms. The van der Waals surface area contributed by atoms with E-state index in [1.165, 1.54) is 57.6 Å². The van der Waals surface area contributed by atoms with Gasteiger partial charge < -0.3 is 4.74 Å². The molecule has 86 valence electrons. The van der Waals surface area contributed by atoms with Gasteiger partial charge in [0, 0.05) is 6.42 Å². The second-order valence-electron chi connectivity index (χ2n) is 3.79. The summed E-state index contributed by atoms with van der Waals surface area (Å²) in [5, 5.41) is 0. The van der Waals surface area contributed by atoms with Crippen LogP contribution in [0, 0.1) is 12.0 Å². The van der Waals surface area contributed by atoms with Crippen molar-refractivity contribution in [3.05, 3.63) is 12.8 Å². The van der Waals surface area contributed by atoms with Crippen molar-refractivity contribution in [3.63, 3.8) is 0 Å². The maximum atomic E-state index is 4.71. The average Bonchev–Trinajstić information content (AvgIpc) is 2.26. The lowest BCUT2D eigenvalue weighted by Crippen LogP contribution is -1.80. The minimum atomic E-state index is 0.947. The zero-order chi connectivity index (χ0) is 11.2. The van der Waals surface area contributed by atoms with Gasteiger partial charge in [-0.1, -0.05) is 64.4 Å². The van der Waals surface area contributed by atoms with Crippen molar-refractivity contribution in [2.75, 3.05) is 0 Å². The molecule has 0 saturated heterocycles. The minimum Gasteiger partial charge on any atom is -0.416 e. The quantitative estimate of drug-likeness (QED) is 0.305. The first kappa shape index (κ1) is 14.1. The zero-order valence-corrected chi connectivity index (χ0v) is 10.1. The third kappa shape index (κ3) is 13.1. The molecule has 1 nitrogen and oxygen atoms in total. The number of rotatable bonds is 9. The van der Waals surface area contributed by atoms with Crippen molar-refractivity contribution in [3.8, 4) is 12.0 Å². The van der Waals surface area contributed by atoms with Gasteiger partial charge >= 0.3 is 0 Å². The van der Waals surface area contributed by atoms with Crippen LogP contribution in [0.4, 0.5) is 0 Å². The molecule has 0 bridgehead atoms. The van der Waals surface area contributed by atoms with Crippen molar-refractivity contribution >= 4 is 0 Å². The first-order valence-electron chi connectivity index (χ1n) is 6.16. The molecule has 0 amide bonds. The summed E-state index contributed by atoms with van der Waals surface area (Å²) in [6, 6.07) is 0. The van der Waals surface area contributed by atoms with E-state index in [9.17, 15) is 0 Å². The van der Waals surface area contributed by atoms with Gasteiger partial charge in [-0.3, -0.25) is 0 Å². The van der Waals surface area contributed by atoms with Crippen LogP contribution in [-0.4, -0.2) is 0 Å². The SMILES string of the molecule is C=COC#CCCCCCCCCCC. The largest absolute Gasteiger partial charge is 0.416 e. The maximum absolute atomic E-state index is 4.71. The highest BCUT2D eigenvalue weighted by Crippen LogP contribution is 2.08. The normalized spacial score (nSPS) is 9.13. The van der Waals surface area contributed by atoms with Crippen LogP contribution < -0.4 is 0 Å². The highest BCUT2D eigenvalue weighted by atomic mass is 16.5.